The molecule has 1 aliphatic rings. The van der Waals surface area contributed by atoms with Gasteiger partial charge in [-0.15, -0.1) is 0 Å². The van der Waals surface area contributed by atoms with Gasteiger partial charge in [0.05, 0.1) is 12.2 Å². The maximum absolute atomic E-state index is 13.6. The summed E-state index contributed by atoms with van der Waals surface area (Å²) in [7, 11) is 0. The number of hydrogen-bond donors (Lipinski definition) is 0. The van der Waals surface area contributed by atoms with Gasteiger partial charge in [-0.1, -0.05) is 6.92 Å². The second-order valence-electron chi connectivity index (χ2n) is 4.65. The van der Waals surface area contributed by atoms with Crippen molar-refractivity contribution in [2.24, 2.45) is 0 Å². The first-order chi connectivity index (χ1) is 9.11. The number of ether oxygens (including phenoxy) is 1. The van der Waals surface area contributed by atoms with Gasteiger partial charge in [-0.2, -0.15) is 0 Å². The largest absolute Gasteiger partial charge is 0.367 e. The number of carbonyl (C=O) groups is 1. The molecule has 1 heterocycles. The van der Waals surface area contributed by atoms with Crippen LogP contribution in [0.25, 0.3) is 0 Å². The van der Waals surface area contributed by atoms with Crippen LogP contribution >= 0.6 is 0 Å². The summed E-state index contributed by atoms with van der Waals surface area (Å²) in [5.74, 6) is -1.94. The van der Waals surface area contributed by atoms with Gasteiger partial charge in [0.2, 0.25) is 0 Å². The number of ketones is 1. The summed E-state index contributed by atoms with van der Waals surface area (Å²) in [4.78, 5) is 14.3. The Kier molecular flexibility index (Phi) is 4.61. The third kappa shape index (κ3) is 3.36. The fourth-order valence-electron chi connectivity index (χ4n) is 2.24. The fourth-order valence-corrected chi connectivity index (χ4v) is 2.24. The minimum Gasteiger partial charge on any atom is -0.367 e. The maximum Gasteiger partial charge on any atom is 0.195 e. The molecule has 104 valence electrons. The molecule has 2 rings (SSSR count). The number of rotatable bonds is 4. The Morgan fingerprint density at radius 1 is 1.47 bits per heavy atom. The van der Waals surface area contributed by atoms with Gasteiger partial charge in [0.15, 0.2) is 5.78 Å². The maximum atomic E-state index is 13.6. The average Bonchev–Trinajstić information content (AvgIpc) is 2.39. The van der Waals surface area contributed by atoms with Gasteiger partial charge in [-0.3, -0.25) is 9.69 Å². The van der Waals surface area contributed by atoms with Crippen LogP contribution in [0.15, 0.2) is 18.2 Å². The molecular formula is C14H17F2NO2. The van der Waals surface area contributed by atoms with E-state index in [9.17, 15) is 13.6 Å². The van der Waals surface area contributed by atoms with E-state index in [-0.39, 0.29) is 5.56 Å². The standard InChI is InChI=1S/C14H17F2NO2/c1-2-5-17-6-7-19-13(9-17)14(18)11-4-3-10(15)8-12(11)16/h3-4,8,13H,2,5-7,9H2,1H3. The van der Waals surface area contributed by atoms with Gasteiger partial charge < -0.3 is 4.74 Å². The molecule has 0 spiro atoms. The lowest BCUT2D eigenvalue weighted by atomic mass is 10.0. The zero-order chi connectivity index (χ0) is 13.8. The Bertz CT molecular complexity index is 463. The lowest BCUT2D eigenvalue weighted by molar-refractivity contribution is -0.0165. The highest BCUT2D eigenvalue weighted by atomic mass is 19.1. The summed E-state index contributed by atoms with van der Waals surface area (Å²) in [5, 5.41) is 0. The highest BCUT2D eigenvalue weighted by Crippen LogP contribution is 2.16. The van der Waals surface area contributed by atoms with E-state index in [1.54, 1.807) is 0 Å². The third-order valence-electron chi connectivity index (χ3n) is 3.18. The Morgan fingerprint density at radius 2 is 2.26 bits per heavy atom. The van der Waals surface area contributed by atoms with Crippen molar-refractivity contribution in [1.29, 1.82) is 0 Å². The van der Waals surface area contributed by atoms with Crippen molar-refractivity contribution in [2.45, 2.75) is 19.4 Å². The number of carbonyl (C=O) groups excluding carboxylic acids is 1. The fraction of sp³-hybridized carbons (Fsp3) is 0.500. The van der Waals surface area contributed by atoms with Crippen LogP contribution in [0.4, 0.5) is 8.78 Å². The first-order valence-electron chi connectivity index (χ1n) is 6.45. The van der Waals surface area contributed by atoms with Crippen LogP contribution in [0.1, 0.15) is 23.7 Å². The topological polar surface area (TPSA) is 29.5 Å². The van der Waals surface area contributed by atoms with Crippen molar-refractivity contribution in [2.75, 3.05) is 26.2 Å². The summed E-state index contributed by atoms with van der Waals surface area (Å²) in [6, 6.07) is 2.98. The number of Topliss-reactive ketones (excluding diaryl/α,β-unsaturated/α-hetero) is 1. The number of morpholine rings is 1. The van der Waals surface area contributed by atoms with Crippen molar-refractivity contribution >= 4 is 5.78 Å². The Labute approximate surface area is 111 Å². The van der Waals surface area contributed by atoms with Gasteiger partial charge in [0.1, 0.15) is 17.7 Å². The van der Waals surface area contributed by atoms with E-state index < -0.39 is 23.5 Å². The van der Waals surface area contributed by atoms with Crippen LogP contribution in [0.5, 0.6) is 0 Å². The van der Waals surface area contributed by atoms with Crippen molar-refractivity contribution in [3.8, 4) is 0 Å². The highest BCUT2D eigenvalue weighted by Gasteiger charge is 2.28. The summed E-state index contributed by atoms with van der Waals surface area (Å²) in [6.07, 6.45) is 0.325. The van der Waals surface area contributed by atoms with Crippen molar-refractivity contribution < 1.29 is 18.3 Å². The predicted molar refractivity (Wildman–Crippen MR) is 67.2 cm³/mol. The molecule has 0 saturated carbocycles. The van der Waals surface area contributed by atoms with Crippen LogP contribution < -0.4 is 0 Å². The number of benzene rings is 1. The first kappa shape index (κ1) is 14.1. The molecule has 1 aromatic rings. The molecule has 19 heavy (non-hydrogen) atoms. The third-order valence-corrected chi connectivity index (χ3v) is 3.18. The first-order valence-corrected chi connectivity index (χ1v) is 6.45. The van der Waals surface area contributed by atoms with Crippen LogP contribution in [-0.4, -0.2) is 43.0 Å². The zero-order valence-corrected chi connectivity index (χ0v) is 10.9. The molecule has 1 atom stereocenters. The quantitative estimate of drug-likeness (QED) is 0.785. The van der Waals surface area contributed by atoms with E-state index in [1.807, 2.05) is 0 Å². The lowest BCUT2D eigenvalue weighted by Gasteiger charge is -2.31. The SMILES string of the molecule is CCCN1CCOC(C(=O)c2ccc(F)cc2F)C1. The molecule has 0 aliphatic carbocycles. The Hall–Kier alpha value is -1.33. The van der Waals surface area contributed by atoms with Crippen molar-refractivity contribution in [3.05, 3.63) is 35.4 Å². The van der Waals surface area contributed by atoms with E-state index >= 15 is 0 Å². The normalized spacial score (nSPS) is 20.5. The van der Waals surface area contributed by atoms with Gasteiger partial charge in [0.25, 0.3) is 0 Å². The van der Waals surface area contributed by atoms with Gasteiger partial charge in [-0.05, 0) is 25.1 Å². The molecule has 3 nitrogen and oxygen atoms in total. The molecular weight excluding hydrogens is 252 g/mol. The van der Waals surface area contributed by atoms with Crippen LogP contribution in [-0.2, 0) is 4.74 Å². The minimum atomic E-state index is -0.832. The van der Waals surface area contributed by atoms with Gasteiger partial charge >= 0.3 is 0 Å². The monoisotopic (exact) mass is 269 g/mol. The highest BCUT2D eigenvalue weighted by molar-refractivity contribution is 5.99. The molecule has 0 N–H and O–H groups in total. The Morgan fingerprint density at radius 3 is 2.95 bits per heavy atom. The molecule has 1 fully saturated rings. The van der Waals surface area contributed by atoms with Crippen LogP contribution in [0.3, 0.4) is 0 Å². The molecule has 0 aromatic heterocycles. The summed E-state index contributed by atoms with van der Waals surface area (Å²) in [5.41, 5.74) is -0.107. The molecule has 0 amide bonds. The summed E-state index contributed by atoms with van der Waals surface area (Å²) < 4.78 is 31.8. The van der Waals surface area contributed by atoms with E-state index in [4.69, 9.17) is 4.74 Å². The molecule has 1 aromatic carbocycles. The van der Waals surface area contributed by atoms with E-state index in [0.717, 1.165) is 31.6 Å². The van der Waals surface area contributed by atoms with E-state index in [2.05, 4.69) is 11.8 Å². The lowest BCUT2D eigenvalue weighted by Crippen LogP contribution is -2.46. The number of halogens is 2. The van der Waals surface area contributed by atoms with Crippen molar-refractivity contribution in [3.63, 3.8) is 0 Å². The average molecular weight is 269 g/mol. The molecule has 1 aliphatic heterocycles. The van der Waals surface area contributed by atoms with E-state index in [1.165, 1.54) is 6.07 Å². The summed E-state index contributed by atoms with van der Waals surface area (Å²) in [6.45, 7) is 4.65. The second kappa shape index (κ2) is 6.21. The zero-order valence-electron chi connectivity index (χ0n) is 10.9. The van der Waals surface area contributed by atoms with Crippen LogP contribution in [0.2, 0.25) is 0 Å². The minimum absolute atomic E-state index is 0.107. The smallest absolute Gasteiger partial charge is 0.195 e. The van der Waals surface area contributed by atoms with Gasteiger partial charge in [0, 0.05) is 19.2 Å². The molecule has 0 bridgehead atoms. The Balaban J connectivity index is 2.10. The van der Waals surface area contributed by atoms with Crippen molar-refractivity contribution in [1.82, 2.24) is 4.90 Å². The molecule has 1 saturated heterocycles. The molecule has 1 unspecified atom stereocenters. The number of nitrogens with zero attached hydrogens (tertiary/aromatic N) is 1. The van der Waals surface area contributed by atoms with Gasteiger partial charge in [-0.25, -0.2) is 8.78 Å². The molecule has 5 heteroatoms. The number of hydrogen-bond acceptors (Lipinski definition) is 3. The predicted octanol–water partition coefficient (Wildman–Crippen LogP) is 2.26. The molecule has 0 radical (unpaired) electrons. The summed E-state index contributed by atoms with van der Waals surface area (Å²) >= 11 is 0. The second-order valence-corrected chi connectivity index (χ2v) is 4.65. The van der Waals surface area contributed by atoms with Crippen LogP contribution in [0, 0.1) is 11.6 Å². The van der Waals surface area contributed by atoms with E-state index in [0.29, 0.717) is 13.2 Å².